The number of fused-ring (bicyclic) bond motifs is 9. The minimum absolute atomic E-state index is 0.0566. The number of benzene rings is 8. The first-order valence-electron chi connectivity index (χ1n) is 15.8. The molecule has 1 aromatic heterocycles. The van der Waals surface area contributed by atoms with Gasteiger partial charge in [-0.2, -0.15) is 0 Å². The Balaban J connectivity index is 1.30. The van der Waals surface area contributed by atoms with Crippen LogP contribution in [0.4, 0.5) is 0 Å². The molecule has 0 saturated heterocycles. The van der Waals surface area contributed by atoms with Crippen molar-refractivity contribution in [3.8, 4) is 22.3 Å². The third-order valence-electron chi connectivity index (χ3n) is 8.27. The van der Waals surface area contributed by atoms with Gasteiger partial charge in [0.2, 0.25) is 0 Å². The Morgan fingerprint density at radius 3 is 1.95 bits per heavy atom. The van der Waals surface area contributed by atoms with Gasteiger partial charge in [-0.15, -0.1) is 0 Å². The maximum absolute atomic E-state index is 9.24. The zero-order valence-electron chi connectivity index (χ0n) is 26.0. The Morgan fingerprint density at radius 1 is 0.390 bits per heavy atom. The van der Waals surface area contributed by atoms with Gasteiger partial charge in [0.25, 0.3) is 0 Å². The van der Waals surface area contributed by atoms with Gasteiger partial charge in [0.1, 0.15) is 11.2 Å². The standard InChI is InChI=1S/C40H24O/c1-2-8-30-23-35-32(22-29(30)7-1)17-16-28-9-5-11-33(39(28)35)27-14-12-25(13-15-27)31-19-20-37-36(24-31)40-34-10-4-3-6-26(34)18-21-38(40)41-37/h1-24H/i12D,13D,14D,15D. The zero-order chi connectivity index (χ0) is 30.4. The van der Waals surface area contributed by atoms with Crippen molar-refractivity contribution in [3.05, 3.63) is 145 Å². The average Bonchev–Trinajstić information content (AvgIpc) is 3.45. The highest BCUT2D eigenvalue weighted by atomic mass is 16.3. The molecule has 41 heavy (non-hydrogen) atoms. The first-order valence-corrected chi connectivity index (χ1v) is 13.8. The first-order chi connectivity index (χ1) is 22.0. The van der Waals surface area contributed by atoms with Crippen molar-refractivity contribution in [3.63, 3.8) is 0 Å². The van der Waals surface area contributed by atoms with Crippen LogP contribution in [0.2, 0.25) is 0 Å². The minimum Gasteiger partial charge on any atom is -0.456 e. The predicted octanol–water partition coefficient (Wildman–Crippen LogP) is 11.5. The smallest absolute Gasteiger partial charge is 0.136 e. The molecule has 0 aliphatic rings. The second-order valence-corrected chi connectivity index (χ2v) is 10.6. The zero-order valence-corrected chi connectivity index (χ0v) is 22.0. The fourth-order valence-electron chi connectivity index (χ4n) is 6.30. The normalized spacial score (nSPS) is 13.3. The fraction of sp³-hybridized carbons (Fsp3) is 0. The summed E-state index contributed by atoms with van der Waals surface area (Å²) in [5, 5.41) is 10.3. The molecule has 0 atom stereocenters. The summed E-state index contributed by atoms with van der Waals surface area (Å²) >= 11 is 0. The lowest BCUT2D eigenvalue weighted by Gasteiger charge is -2.12. The largest absolute Gasteiger partial charge is 0.456 e. The summed E-state index contributed by atoms with van der Waals surface area (Å²) in [5.41, 5.74) is 3.39. The summed E-state index contributed by atoms with van der Waals surface area (Å²) in [6.45, 7) is 0. The lowest BCUT2D eigenvalue weighted by atomic mass is 9.91. The van der Waals surface area contributed by atoms with Crippen LogP contribution in [-0.2, 0) is 0 Å². The van der Waals surface area contributed by atoms with Gasteiger partial charge < -0.3 is 4.42 Å². The Labute approximate surface area is 242 Å². The van der Waals surface area contributed by atoms with Crippen LogP contribution in [-0.4, -0.2) is 0 Å². The van der Waals surface area contributed by atoms with Crippen LogP contribution in [0.25, 0.3) is 87.3 Å². The molecule has 0 radical (unpaired) electrons. The highest BCUT2D eigenvalue weighted by molar-refractivity contribution is 6.20. The number of furan rings is 1. The van der Waals surface area contributed by atoms with Crippen LogP contribution in [0, 0.1) is 0 Å². The van der Waals surface area contributed by atoms with Gasteiger partial charge >= 0.3 is 0 Å². The van der Waals surface area contributed by atoms with E-state index in [2.05, 4.69) is 48.5 Å². The van der Waals surface area contributed by atoms with E-state index in [0.29, 0.717) is 22.3 Å². The Kier molecular flexibility index (Phi) is 3.92. The van der Waals surface area contributed by atoms with Gasteiger partial charge in [-0.3, -0.25) is 0 Å². The van der Waals surface area contributed by atoms with Crippen molar-refractivity contribution >= 4 is 65.0 Å². The van der Waals surface area contributed by atoms with Gasteiger partial charge in [0.15, 0.2) is 0 Å². The maximum Gasteiger partial charge on any atom is 0.136 e. The maximum atomic E-state index is 9.24. The monoisotopic (exact) mass is 524 g/mol. The molecule has 0 spiro atoms. The van der Waals surface area contributed by atoms with Gasteiger partial charge in [0, 0.05) is 10.8 Å². The summed E-state index contributed by atoms with van der Waals surface area (Å²) in [6.07, 6.45) is 0. The quantitative estimate of drug-likeness (QED) is 0.162. The molecule has 0 fully saturated rings. The molecule has 1 nitrogen and oxygen atoms in total. The van der Waals surface area contributed by atoms with E-state index in [-0.39, 0.29) is 29.7 Å². The van der Waals surface area contributed by atoms with Crippen LogP contribution < -0.4 is 0 Å². The Bertz CT molecular complexity index is 2680. The van der Waals surface area contributed by atoms with Crippen molar-refractivity contribution in [2.75, 3.05) is 0 Å². The average molecular weight is 525 g/mol. The molecular formula is C40H24O. The van der Waals surface area contributed by atoms with E-state index in [4.69, 9.17) is 4.42 Å². The van der Waals surface area contributed by atoms with E-state index in [9.17, 15) is 5.48 Å². The number of rotatable bonds is 2. The van der Waals surface area contributed by atoms with Crippen LogP contribution >= 0.6 is 0 Å². The molecule has 0 unspecified atom stereocenters. The highest BCUT2D eigenvalue weighted by Gasteiger charge is 2.13. The van der Waals surface area contributed by atoms with Crippen molar-refractivity contribution in [2.45, 2.75) is 0 Å². The molecule has 190 valence electrons. The van der Waals surface area contributed by atoms with Crippen molar-refractivity contribution in [1.82, 2.24) is 0 Å². The second kappa shape index (κ2) is 8.55. The summed E-state index contributed by atoms with van der Waals surface area (Å²) < 4.78 is 43.0. The molecule has 0 aliphatic heterocycles. The lowest BCUT2D eigenvalue weighted by Crippen LogP contribution is -1.86. The summed E-state index contributed by atoms with van der Waals surface area (Å²) in [4.78, 5) is 0. The summed E-state index contributed by atoms with van der Waals surface area (Å²) in [5.74, 6) is 0. The molecule has 0 saturated carbocycles. The van der Waals surface area contributed by atoms with Crippen molar-refractivity contribution < 1.29 is 9.90 Å². The first kappa shape index (κ1) is 18.8. The third-order valence-corrected chi connectivity index (χ3v) is 8.27. The van der Waals surface area contributed by atoms with Gasteiger partial charge in [0.05, 0.1) is 5.48 Å². The second-order valence-electron chi connectivity index (χ2n) is 10.6. The number of hydrogen-bond acceptors (Lipinski definition) is 1. The molecule has 0 N–H and O–H groups in total. The molecule has 1 heterocycles. The topological polar surface area (TPSA) is 13.1 Å². The van der Waals surface area contributed by atoms with E-state index in [1.165, 1.54) is 0 Å². The third kappa shape index (κ3) is 3.43. The van der Waals surface area contributed by atoms with Gasteiger partial charge in [-0.05, 0) is 95.7 Å². The van der Waals surface area contributed by atoms with Crippen molar-refractivity contribution in [1.29, 1.82) is 0 Å². The Morgan fingerprint density at radius 2 is 1.07 bits per heavy atom. The summed E-state index contributed by atoms with van der Waals surface area (Å²) in [6, 6.07) is 40.1. The van der Waals surface area contributed by atoms with Crippen LogP contribution in [0.15, 0.2) is 150 Å². The van der Waals surface area contributed by atoms with Gasteiger partial charge in [-0.1, -0.05) is 115 Å². The van der Waals surface area contributed by atoms with Crippen LogP contribution in [0.3, 0.4) is 0 Å². The molecule has 0 aliphatic carbocycles. The van der Waals surface area contributed by atoms with E-state index < -0.39 is 0 Å². The predicted molar refractivity (Wildman–Crippen MR) is 175 cm³/mol. The van der Waals surface area contributed by atoms with E-state index >= 15 is 0 Å². The highest BCUT2D eigenvalue weighted by Crippen LogP contribution is 2.39. The van der Waals surface area contributed by atoms with Crippen LogP contribution in [0.1, 0.15) is 5.48 Å². The van der Waals surface area contributed by atoms with Crippen LogP contribution in [0.5, 0.6) is 0 Å². The van der Waals surface area contributed by atoms with Crippen molar-refractivity contribution in [2.24, 2.45) is 0 Å². The van der Waals surface area contributed by atoms with E-state index in [1.807, 2.05) is 72.8 Å². The molecule has 8 aromatic carbocycles. The lowest BCUT2D eigenvalue weighted by molar-refractivity contribution is 0.669. The fourth-order valence-corrected chi connectivity index (χ4v) is 6.30. The molecule has 0 amide bonds. The number of hydrogen-bond donors (Lipinski definition) is 0. The van der Waals surface area contributed by atoms with Gasteiger partial charge in [-0.25, -0.2) is 0 Å². The molecule has 9 aromatic rings. The minimum atomic E-state index is -0.0642. The molecule has 1 heteroatoms. The SMILES string of the molecule is [2H]c1c([2H])c(-c2cccc3ccc4cc5ccccc5cc4c23)c([2H])c([2H])c1-c1ccc2oc3ccc4ccccc4c3c2c1. The molecule has 9 rings (SSSR count). The summed E-state index contributed by atoms with van der Waals surface area (Å²) in [7, 11) is 0. The molecular weight excluding hydrogens is 496 g/mol. The Hall–Kier alpha value is -5.40. The van der Waals surface area contributed by atoms with E-state index in [1.54, 1.807) is 0 Å². The van der Waals surface area contributed by atoms with E-state index in [0.717, 1.165) is 59.4 Å². The molecule has 0 bridgehead atoms.